The quantitative estimate of drug-likeness (QED) is 0.701. The average Bonchev–Trinajstić information content (AvgIpc) is 2.35. The van der Waals surface area contributed by atoms with Crippen molar-refractivity contribution < 1.29 is 4.74 Å². The maximum atomic E-state index is 5.95. The Hall–Kier alpha value is -1.21. The molecule has 4 nitrogen and oxygen atoms in total. The first kappa shape index (κ1) is 16.2. The van der Waals surface area contributed by atoms with Gasteiger partial charge in [-0.05, 0) is 73.7 Å². The van der Waals surface area contributed by atoms with Gasteiger partial charge in [-0.15, -0.1) is 0 Å². The van der Waals surface area contributed by atoms with Crippen molar-refractivity contribution in [3.63, 3.8) is 0 Å². The molecule has 0 aliphatic heterocycles. The number of ether oxygens (including phenoxy) is 1. The molecule has 1 heterocycles. The first-order valence-corrected chi connectivity index (χ1v) is 7.88. The van der Waals surface area contributed by atoms with Gasteiger partial charge < -0.3 is 15.8 Å². The molecular weight excluding hydrogens is 401 g/mol. The third-order valence-electron chi connectivity index (χ3n) is 2.49. The largest absolute Gasteiger partial charge is 0.470 e. The van der Waals surface area contributed by atoms with Crippen LogP contribution in [0.5, 0.6) is 5.88 Å². The predicted octanol–water partition coefficient (Wildman–Crippen LogP) is 4.84. The lowest BCUT2D eigenvalue weighted by Crippen LogP contribution is -2.24. The Morgan fingerprint density at radius 1 is 1.24 bits per heavy atom. The second kappa shape index (κ2) is 6.27. The van der Waals surface area contributed by atoms with Crippen molar-refractivity contribution in [2.45, 2.75) is 26.4 Å². The lowest BCUT2D eigenvalue weighted by molar-refractivity contribution is 0.125. The number of hydrogen-bond acceptors (Lipinski definition) is 4. The molecule has 0 bridgehead atoms. The topological polar surface area (TPSA) is 60.2 Å². The van der Waals surface area contributed by atoms with E-state index < -0.39 is 0 Å². The lowest BCUT2D eigenvalue weighted by atomic mass is 10.2. The van der Waals surface area contributed by atoms with Gasteiger partial charge in [-0.3, -0.25) is 0 Å². The number of nitrogens with zero attached hydrogens (tertiary/aromatic N) is 1. The molecule has 6 heteroatoms. The highest BCUT2D eigenvalue weighted by atomic mass is 127. The number of aromatic nitrogens is 1. The highest BCUT2D eigenvalue weighted by Crippen LogP contribution is 2.28. The molecule has 0 spiro atoms. The van der Waals surface area contributed by atoms with Crippen molar-refractivity contribution in [3.05, 3.63) is 38.9 Å². The number of anilines is 3. The van der Waals surface area contributed by atoms with E-state index in [0.717, 1.165) is 9.26 Å². The zero-order valence-corrected chi connectivity index (χ0v) is 15.0. The van der Waals surface area contributed by atoms with Gasteiger partial charge in [0.05, 0.1) is 11.4 Å². The van der Waals surface area contributed by atoms with E-state index in [9.17, 15) is 0 Å². The fourth-order valence-electron chi connectivity index (χ4n) is 1.62. The second-order valence-electron chi connectivity index (χ2n) is 5.55. The third-order valence-corrected chi connectivity index (χ3v) is 3.61. The van der Waals surface area contributed by atoms with Gasteiger partial charge in [-0.1, -0.05) is 11.6 Å². The minimum atomic E-state index is -0.353. The minimum Gasteiger partial charge on any atom is -0.470 e. The van der Waals surface area contributed by atoms with Crippen LogP contribution in [-0.4, -0.2) is 10.6 Å². The summed E-state index contributed by atoms with van der Waals surface area (Å²) in [5.74, 6) is 1.10. The number of pyridine rings is 1. The van der Waals surface area contributed by atoms with Gasteiger partial charge in [0.2, 0.25) is 5.88 Å². The Morgan fingerprint density at radius 3 is 2.57 bits per heavy atom. The molecule has 0 atom stereocenters. The summed E-state index contributed by atoms with van der Waals surface area (Å²) in [4.78, 5) is 4.42. The van der Waals surface area contributed by atoms with E-state index in [1.54, 1.807) is 6.07 Å². The highest BCUT2D eigenvalue weighted by Gasteiger charge is 2.15. The predicted molar refractivity (Wildman–Crippen MR) is 96.5 cm³/mol. The van der Waals surface area contributed by atoms with Crippen molar-refractivity contribution in [3.8, 4) is 5.88 Å². The minimum absolute atomic E-state index is 0.353. The van der Waals surface area contributed by atoms with Crippen molar-refractivity contribution >= 4 is 51.4 Å². The number of nitrogen functional groups attached to an aromatic ring is 1. The summed E-state index contributed by atoms with van der Waals surface area (Å²) in [6, 6.07) is 9.21. The molecule has 0 aliphatic carbocycles. The molecule has 0 radical (unpaired) electrons. The number of nitrogens with one attached hydrogen (secondary N) is 1. The summed E-state index contributed by atoms with van der Waals surface area (Å²) in [5, 5.41) is 3.94. The van der Waals surface area contributed by atoms with E-state index >= 15 is 0 Å². The first-order valence-electron chi connectivity index (χ1n) is 6.42. The van der Waals surface area contributed by atoms with Crippen LogP contribution in [0.3, 0.4) is 0 Å². The molecule has 3 N–H and O–H groups in total. The zero-order valence-electron chi connectivity index (χ0n) is 12.1. The molecular formula is C15H17ClIN3O. The second-order valence-corrected chi connectivity index (χ2v) is 7.15. The van der Waals surface area contributed by atoms with Gasteiger partial charge in [-0.2, -0.15) is 4.98 Å². The summed E-state index contributed by atoms with van der Waals surface area (Å²) in [5.41, 5.74) is 7.00. The number of nitrogens with two attached hydrogens (primary N) is 1. The summed E-state index contributed by atoms with van der Waals surface area (Å²) in [6.45, 7) is 5.86. The highest BCUT2D eigenvalue weighted by molar-refractivity contribution is 14.1. The summed E-state index contributed by atoms with van der Waals surface area (Å²) < 4.78 is 6.77. The third kappa shape index (κ3) is 4.64. The van der Waals surface area contributed by atoms with Crippen LogP contribution in [0.15, 0.2) is 30.3 Å². The molecule has 0 saturated carbocycles. The van der Waals surface area contributed by atoms with Crippen LogP contribution in [0.1, 0.15) is 20.8 Å². The Kier molecular flexibility index (Phi) is 4.83. The van der Waals surface area contributed by atoms with E-state index in [1.165, 1.54) is 0 Å². The molecule has 112 valence electrons. The lowest BCUT2D eigenvalue weighted by Gasteiger charge is -2.21. The smallest absolute Gasteiger partial charge is 0.239 e. The number of hydrogen-bond donors (Lipinski definition) is 2. The van der Waals surface area contributed by atoms with Gasteiger partial charge in [0, 0.05) is 8.59 Å². The Labute approximate surface area is 143 Å². The van der Waals surface area contributed by atoms with Crippen LogP contribution >= 0.6 is 34.2 Å². The standard InChI is InChI=1S/C15H17ClIN3O/c1-15(2,3)21-14-11(18)5-7-13(20-14)19-12-6-4-9(16)8-10(12)17/h4-8H,18H2,1-3H3,(H,19,20). The van der Waals surface area contributed by atoms with Crippen LogP contribution in [0, 0.1) is 3.57 Å². The molecule has 21 heavy (non-hydrogen) atoms. The number of rotatable bonds is 3. The first-order chi connectivity index (χ1) is 9.74. The zero-order chi connectivity index (χ0) is 15.6. The van der Waals surface area contributed by atoms with Gasteiger partial charge in [0.1, 0.15) is 11.4 Å². The van der Waals surface area contributed by atoms with Crippen LogP contribution in [-0.2, 0) is 0 Å². The fourth-order valence-corrected chi connectivity index (χ4v) is 2.63. The molecule has 1 aromatic heterocycles. The van der Waals surface area contributed by atoms with Crippen molar-refractivity contribution in [2.75, 3.05) is 11.1 Å². The Balaban J connectivity index is 2.26. The van der Waals surface area contributed by atoms with Crippen molar-refractivity contribution in [1.29, 1.82) is 0 Å². The molecule has 2 aromatic rings. The number of halogens is 2. The molecule has 0 fully saturated rings. The van der Waals surface area contributed by atoms with E-state index in [2.05, 4.69) is 32.9 Å². The fraction of sp³-hybridized carbons (Fsp3) is 0.267. The molecule has 0 aliphatic rings. The summed E-state index contributed by atoms with van der Waals surface area (Å²) in [7, 11) is 0. The van der Waals surface area contributed by atoms with E-state index in [1.807, 2.05) is 45.0 Å². The molecule has 1 aromatic carbocycles. The van der Waals surface area contributed by atoms with Crippen LogP contribution in [0.2, 0.25) is 5.02 Å². The van der Waals surface area contributed by atoms with E-state index in [4.69, 9.17) is 22.1 Å². The van der Waals surface area contributed by atoms with E-state index in [0.29, 0.717) is 22.4 Å². The maximum absolute atomic E-state index is 5.95. The molecule has 2 rings (SSSR count). The molecule has 0 unspecified atom stereocenters. The van der Waals surface area contributed by atoms with Crippen LogP contribution in [0.25, 0.3) is 0 Å². The van der Waals surface area contributed by atoms with Gasteiger partial charge in [0.25, 0.3) is 0 Å². The maximum Gasteiger partial charge on any atom is 0.239 e. The Bertz CT molecular complexity index is 656. The van der Waals surface area contributed by atoms with Crippen molar-refractivity contribution in [2.24, 2.45) is 0 Å². The van der Waals surface area contributed by atoms with Gasteiger partial charge >= 0.3 is 0 Å². The Morgan fingerprint density at radius 2 is 1.95 bits per heavy atom. The average molecular weight is 418 g/mol. The normalized spacial score (nSPS) is 11.3. The van der Waals surface area contributed by atoms with Crippen LogP contribution in [0.4, 0.5) is 17.2 Å². The number of benzene rings is 1. The molecule has 0 saturated heterocycles. The summed E-state index contributed by atoms with van der Waals surface area (Å²) in [6.07, 6.45) is 0. The van der Waals surface area contributed by atoms with Crippen LogP contribution < -0.4 is 15.8 Å². The van der Waals surface area contributed by atoms with Gasteiger partial charge in [-0.25, -0.2) is 0 Å². The van der Waals surface area contributed by atoms with Crippen molar-refractivity contribution in [1.82, 2.24) is 4.98 Å². The van der Waals surface area contributed by atoms with E-state index in [-0.39, 0.29) is 5.60 Å². The van der Waals surface area contributed by atoms with Gasteiger partial charge in [0.15, 0.2) is 0 Å². The molecule has 0 amide bonds. The summed E-state index contributed by atoms with van der Waals surface area (Å²) >= 11 is 8.17. The monoisotopic (exact) mass is 417 g/mol. The SMILES string of the molecule is CC(C)(C)Oc1nc(Nc2ccc(Cl)cc2I)ccc1N.